The summed E-state index contributed by atoms with van der Waals surface area (Å²) in [6.45, 7) is 0.410. The molecule has 0 radical (unpaired) electrons. The average molecular weight is 302 g/mol. The third-order valence-corrected chi connectivity index (χ3v) is 2.87. The highest BCUT2D eigenvalue weighted by Crippen LogP contribution is 2.29. The molecule has 0 atom stereocenters. The van der Waals surface area contributed by atoms with Crippen LogP contribution >= 0.6 is 11.6 Å². The quantitative estimate of drug-likeness (QED) is 0.864. The molecule has 0 amide bonds. The first-order valence-electron chi connectivity index (χ1n) is 5.71. The number of alkyl halides is 3. The second-order valence-corrected chi connectivity index (χ2v) is 4.64. The summed E-state index contributed by atoms with van der Waals surface area (Å²) >= 11 is 5.74. The maximum atomic E-state index is 12.4. The molecule has 106 valence electrons. The topological polar surface area (TPSA) is 29.0 Å². The Hall–Kier alpha value is -1.82. The number of aromatic nitrogens is 2. The van der Waals surface area contributed by atoms with E-state index in [1.54, 1.807) is 11.9 Å². The molecule has 2 aromatic rings. The number of halogens is 4. The molecule has 0 saturated carbocycles. The molecule has 0 aliphatic heterocycles. The SMILES string of the molecule is CN(Cc1ccc(C(F)(F)F)cc1)c1cncc(Cl)n1. The van der Waals surface area contributed by atoms with E-state index < -0.39 is 11.7 Å². The smallest absolute Gasteiger partial charge is 0.354 e. The minimum Gasteiger partial charge on any atom is -0.354 e. The Morgan fingerprint density at radius 2 is 1.80 bits per heavy atom. The van der Waals surface area contributed by atoms with Crippen molar-refractivity contribution in [3.8, 4) is 0 Å². The number of benzene rings is 1. The normalized spacial score (nSPS) is 11.4. The molecule has 0 unspecified atom stereocenters. The van der Waals surface area contributed by atoms with Gasteiger partial charge in [0.05, 0.1) is 18.0 Å². The monoisotopic (exact) mass is 301 g/mol. The molecule has 0 aliphatic rings. The van der Waals surface area contributed by atoms with E-state index in [0.717, 1.165) is 17.7 Å². The zero-order valence-electron chi connectivity index (χ0n) is 10.5. The van der Waals surface area contributed by atoms with Crippen molar-refractivity contribution < 1.29 is 13.2 Å². The third-order valence-electron chi connectivity index (χ3n) is 2.68. The maximum Gasteiger partial charge on any atom is 0.416 e. The third kappa shape index (κ3) is 3.60. The van der Waals surface area contributed by atoms with Gasteiger partial charge in [0.1, 0.15) is 11.0 Å². The van der Waals surface area contributed by atoms with Crippen molar-refractivity contribution in [2.75, 3.05) is 11.9 Å². The molecule has 0 aliphatic carbocycles. The molecule has 2 rings (SSSR count). The van der Waals surface area contributed by atoms with Crippen molar-refractivity contribution in [3.05, 3.63) is 52.9 Å². The largest absolute Gasteiger partial charge is 0.416 e. The fourth-order valence-corrected chi connectivity index (χ4v) is 1.81. The fraction of sp³-hybridized carbons (Fsp3) is 0.231. The summed E-state index contributed by atoms with van der Waals surface area (Å²) in [4.78, 5) is 9.73. The lowest BCUT2D eigenvalue weighted by atomic mass is 10.1. The van der Waals surface area contributed by atoms with Crippen LogP contribution < -0.4 is 4.90 Å². The van der Waals surface area contributed by atoms with Crippen molar-refractivity contribution in [1.82, 2.24) is 9.97 Å². The predicted molar refractivity (Wildman–Crippen MR) is 70.6 cm³/mol. The van der Waals surface area contributed by atoms with Gasteiger partial charge in [-0.1, -0.05) is 23.7 Å². The summed E-state index contributed by atoms with van der Waals surface area (Å²) in [6, 6.07) is 5.01. The molecular formula is C13H11ClF3N3. The Bertz CT molecular complexity index is 584. The van der Waals surface area contributed by atoms with Crippen LogP contribution in [0.4, 0.5) is 19.0 Å². The second-order valence-electron chi connectivity index (χ2n) is 4.25. The lowest BCUT2D eigenvalue weighted by Crippen LogP contribution is -2.18. The van der Waals surface area contributed by atoms with Crippen molar-refractivity contribution >= 4 is 17.4 Å². The number of rotatable bonds is 3. The molecule has 7 heteroatoms. The van der Waals surface area contributed by atoms with Gasteiger partial charge < -0.3 is 4.90 Å². The highest BCUT2D eigenvalue weighted by Gasteiger charge is 2.29. The van der Waals surface area contributed by atoms with E-state index in [0.29, 0.717) is 12.4 Å². The van der Waals surface area contributed by atoms with Gasteiger partial charge in [-0.15, -0.1) is 0 Å². The highest BCUT2D eigenvalue weighted by molar-refractivity contribution is 6.29. The zero-order chi connectivity index (χ0) is 14.8. The first-order chi connectivity index (χ1) is 9.36. The van der Waals surface area contributed by atoms with Crippen LogP contribution in [0.25, 0.3) is 0 Å². The van der Waals surface area contributed by atoms with Crippen LogP contribution in [0.3, 0.4) is 0 Å². The first kappa shape index (κ1) is 14.6. The number of nitrogens with zero attached hydrogens (tertiary/aromatic N) is 3. The first-order valence-corrected chi connectivity index (χ1v) is 6.09. The fourth-order valence-electron chi connectivity index (χ4n) is 1.67. The average Bonchev–Trinajstić information content (AvgIpc) is 2.38. The summed E-state index contributed by atoms with van der Waals surface area (Å²) in [5, 5.41) is 0.266. The minimum atomic E-state index is -4.32. The molecular weight excluding hydrogens is 291 g/mol. The van der Waals surface area contributed by atoms with Gasteiger partial charge in [-0.25, -0.2) is 4.98 Å². The van der Waals surface area contributed by atoms with E-state index in [9.17, 15) is 13.2 Å². The predicted octanol–water partition coefficient (Wildman–Crippen LogP) is 3.79. The van der Waals surface area contributed by atoms with Gasteiger partial charge in [0, 0.05) is 13.6 Å². The molecule has 0 fully saturated rings. The summed E-state index contributed by atoms with van der Waals surface area (Å²) in [5.41, 5.74) is 0.0775. The van der Waals surface area contributed by atoms with Crippen LogP contribution in [0, 0.1) is 0 Å². The van der Waals surface area contributed by atoms with Gasteiger partial charge in [-0.3, -0.25) is 4.98 Å². The molecule has 0 N–H and O–H groups in total. The van der Waals surface area contributed by atoms with Crippen LogP contribution in [-0.4, -0.2) is 17.0 Å². The van der Waals surface area contributed by atoms with Crippen molar-refractivity contribution in [1.29, 1.82) is 0 Å². The van der Waals surface area contributed by atoms with Crippen LogP contribution in [0.1, 0.15) is 11.1 Å². The number of anilines is 1. The van der Waals surface area contributed by atoms with E-state index in [1.807, 2.05) is 0 Å². The van der Waals surface area contributed by atoms with Gasteiger partial charge in [-0.05, 0) is 17.7 Å². The number of hydrogen-bond donors (Lipinski definition) is 0. The molecule has 0 bridgehead atoms. The molecule has 1 heterocycles. The highest BCUT2D eigenvalue weighted by atomic mass is 35.5. The Kier molecular flexibility index (Phi) is 4.13. The van der Waals surface area contributed by atoms with Gasteiger partial charge >= 0.3 is 6.18 Å². The zero-order valence-corrected chi connectivity index (χ0v) is 11.3. The maximum absolute atomic E-state index is 12.4. The summed E-state index contributed by atoms with van der Waals surface area (Å²) in [5.74, 6) is 0.553. The number of hydrogen-bond acceptors (Lipinski definition) is 3. The molecule has 0 spiro atoms. The van der Waals surface area contributed by atoms with E-state index in [-0.39, 0.29) is 5.15 Å². The van der Waals surface area contributed by atoms with Gasteiger partial charge in [0.2, 0.25) is 0 Å². The van der Waals surface area contributed by atoms with Crippen LogP contribution in [0.15, 0.2) is 36.7 Å². The Labute approximate surface area is 119 Å². The summed E-state index contributed by atoms with van der Waals surface area (Å²) in [7, 11) is 1.76. The van der Waals surface area contributed by atoms with Gasteiger partial charge in [0.25, 0.3) is 0 Å². The van der Waals surface area contributed by atoms with Crippen LogP contribution in [0.2, 0.25) is 5.15 Å². The summed E-state index contributed by atoms with van der Waals surface area (Å²) in [6.07, 6.45) is -1.37. The Balaban J connectivity index is 2.10. The van der Waals surface area contributed by atoms with E-state index >= 15 is 0 Å². The Morgan fingerprint density at radius 1 is 1.15 bits per heavy atom. The minimum absolute atomic E-state index is 0.266. The van der Waals surface area contributed by atoms with Crippen molar-refractivity contribution in [2.45, 2.75) is 12.7 Å². The van der Waals surface area contributed by atoms with Crippen LogP contribution in [0.5, 0.6) is 0 Å². The molecule has 1 aromatic carbocycles. The molecule has 20 heavy (non-hydrogen) atoms. The van der Waals surface area contributed by atoms with Crippen LogP contribution in [-0.2, 0) is 12.7 Å². The lowest BCUT2D eigenvalue weighted by Gasteiger charge is -2.18. The molecule has 0 saturated heterocycles. The van der Waals surface area contributed by atoms with Gasteiger partial charge in [0.15, 0.2) is 0 Å². The van der Waals surface area contributed by atoms with Crippen molar-refractivity contribution in [3.63, 3.8) is 0 Å². The van der Waals surface area contributed by atoms with E-state index in [4.69, 9.17) is 11.6 Å². The molecule has 3 nitrogen and oxygen atoms in total. The Morgan fingerprint density at radius 3 is 2.35 bits per heavy atom. The van der Waals surface area contributed by atoms with Crippen molar-refractivity contribution in [2.24, 2.45) is 0 Å². The standard InChI is InChI=1S/C13H11ClF3N3/c1-20(12-7-18-6-11(14)19-12)8-9-2-4-10(5-3-9)13(15,16)17/h2-7H,8H2,1H3. The summed E-state index contributed by atoms with van der Waals surface area (Å²) < 4.78 is 37.3. The van der Waals surface area contributed by atoms with E-state index in [1.165, 1.54) is 24.5 Å². The van der Waals surface area contributed by atoms with E-state index in [2.05, 4.69) is 9.97 Å². The molecule has 1 aromatic heterocycles. The second kappa shape index (κ2) is 5.66. The van der Waals surface area contributed by atoms with Gasteiger partial charge in [-0.2, -0.15) is 13.2 Å². The lowest BCUT2D eigenvalue weighted by molar-refractivity contribution is -0.137.